The summed E-state index contributed by atoms with van der Waals surface area (Å²) in [5.74, 6) is 0.523. The predicted octanol–water partition coefficient (Wildman–Crippen LogP) is 5.35. The predicted molar refractivity (Wildman–Crippen MR) is 103 cm³/mol. The minimum Gasteiger partial charge on any atom is -0.457 e. The highest BCUT2D eigenvalue weighted by Gasteiger charge is 2.37. The molecule has 3 aromatic carbocycles. The second kappa shape index (κ2) is 6.42. The van der Waals surface area contributed by atoms with Crippen LogP contribution >= 0.6 is 15.9 Å². The van der Waals surface area contributed by atoms with Crippen LogP contribution in [0, 0.1) is 6.92 Å². The number of imide groups is 1. The van der Waals surface area contributed by atoms with Crippen molar-refractivity contribution in [2.24, 2.45) is 0 Å². The van der Waals surface area contributed by atoms with Crippen molar-refractivity contribution < 1.29 is 14.3 Å². The Bertz CT molecular complexity index is 1030. The molecule has 0 radical (unpaired) electrons. The molecule has 2 amide bonds. The minimum atomic E-state index is -0.333. The summed E-state index contributed by atoms with van der Waals surface area (Å²) in [6, 6.07) is 19.7. The van der Waals surface area contributed by atoms with Gasteiger partial charge in [0.25, 0.3) is 11.8 Å². The molecule has 4 nitrogen and oxygen atoms in total. The van der Waals surface area contributed by atoms with Crippen molar-refractivity contribution in [2.75, 3.05) is 4.90 Å². The fourth-order valence-electron chi connectivity index (χ4n) is 2.96. The molecule has 4 rings (SSSR count). The molecular weight excluding hydrogens is 394 g/mol. The molecule has 0 unspecified atom stereocenters. The highest BCUT2D eigenvalue weighted by atomic mass is 79.9. The Balaban J connectivity index is 1.68. The van der Waals surface area contributed by atoms with Gasteiger partial charge in [0.1, 0.15) is 11.5 Å². The molecule has 0 N–H and O–H groups in total. The molecule has 1 aliphatic heterocycles. The Morgan fingerprint density at radius 1 is 0.808 bits per heavy atom. The van der Waals surface area contributed by atoms with Crippen LogP contribution in [0.4, 0.5) is 5.69 Å². The van der Waals surface area contributed by atoms with Crippen molar-refractivity contribution in [3.05, 3.63) is 87.9 Å². The van der Waals surface area contributed by atoms with Crippen LogP contribution < -0.4 is 9.64 Å². The number of hydrogen-bond acceptors (Lipinski definition) is 3. The zero-order valence-corrected chi connectivity index (χ0v) is 15.5. The number of carbonyl (C=O) groups is 2. The maximum atomic E-state index is 12.9. The van der Waals surface area contributed by atoms with Crippen LogP contribution in [0.15, 0.2) is 71.2 Å². The Morgan fingerprint density at radius 3 is 2.19 bits per heavy atom. The van der Waals surface area contributed by atoms with Gasteiger partial charge in [0, 0.05) is 4.47 Å². The summed E-state index contributed by atoms with van der Waals surface area (Å²) in [7, 11) is 0. The van der Waals surface area contributed by atoms with Crippen molar-refractivity contribution in [3.8, 4) is 11.5 Å². The van der Waals surface area contributed by atoms with Gasteiger partial charge in [-0.25, -0.2) is 4.90 Å². The highest BCUT2D eigenvalue weighted by Crippen LogP contribution is 2.33. The molecule has 0 bridgehead atoms. The van der Waals surface area contributed by atoms with Gasteiger partial charge in [0.05, 0.1) is 16.8 Å². The van der Waals surface area contributed by atoms with Crippen molar-refractivity contribution in [3.63, 3.8) is 0 Å². The van der Waals surface area contributed by atoms with Gasteiger partial charge in [-0.3, -0.25) is 9.59 Å². The molecule has 1 aliphatic rings. The van der Waals surface area contributed by atoms with Crippen molar-refractivity contribution >= 4 is 33.4 Å². The second-order valence-electron chi connectivity index (χ2n) is 6.00. The third kappa shape index (κ3) is 2.80. The lowest BCUT2D eigenvalue weighted by molar-refractivity contribution is 0.0926. The number of aryl methyl sites for hydroxylation is 1. The van der Waals surface area contributed by atoms with Crippen LogP contribution in [-0.2, 0) is 0 Å². The van der Waals surface area contributed by atoms with Crippen LogP contribution in [0.25, 0.3) is 0 Å². The molecule has 0 fully saturated rings. The van der Waals surface area contributed by atoms with Crippen molar-refractivity contribution in [1.29, 1.82) is 0 Å². The smallest absolute Gasteiger partial charge is 0.266 e. The highest BCUT2D eigenvalue weighted by molar-refractivity contribution is 9.10. The van der Waals surface area contributed by atoms with E-state index in [1.165, 1.54) is 4.90 Å². The zero-order chi connectivity index (χ0) is 18.3. The van der Waals surface area contributed by atoms with Crippen LogP contribution in [0.3, 0.4) is 0 Å². The van der Waals surface area contributed by atoms with E-state index in [-0.39, 0.29) is 11.8 Å². The molecule has 0 saturated heterocycles. The summed E-state index contributed by atoms with van der Waals surface area (Å²) in [6.07, 6.45) is 0. The number of anilines is 1. The van der Waals surface area contributed by atoms with Crippen molar-refractivity contribution in [2.45, 2.75) is 6.92 Å². The maximum absolute atomic E-state index is 12.9. The number of halogens is 1. The first-order valence-corrected chi connectivity index (χ1v) is 8.86. The summed E-state index contributed by atoms with van der Waals surface area (Å²) in [5, 5.41) is 0. The topological polar surface area (TPSA) is 46.6 Å². The molecule has 5 heteroatoms. The molecule has 0 saturated carbocycles. The van der Waals surface area contributed by atoms with Crippen LogP contribution in [0.5, 0.6) is 11.5 Å². The number of rotatable bonds is 3. The van der Waals surface area contributed by atoms with E-state index >= 15 is 0 Å². The van der Waals surface area contributed by atoms with Crippen molar-refractivity contribution in [1.82, 2.24) is 0 Å². The lowest BCUT2D eigenvalue weighted by Crippen LogP contribution is -2.29. The molecule has 0 atom stereocenters. The Morgan fingerprint density at radius 2 is 1.46 bits per heavy atom. The molecular formula is C21H14BrNO3. The third-order valence-corrected chi connectivity index (χ3v) is 4.79. The summed E-state index contributed by atoms with van der Waals surface area (Å²) in [5.41, 5.74) is 2.22. The van der Waals surface area contributed by atoms with E-state index in [9.17, 15) is 9.59 Å². The van der Waals surface area contributed by atoms with E-state index in [2.05, 4.69) is 15.9 Å². The van der Waals surface area contributed by atoms with Gasteiger partial charge < -0.3 is 4.74 Å². The molecule has 0 spiro atoms. The quantitative estimate of drug-likeness (QED) is 0.549. The zero-order valence-electron chi connectivity index (χ0n) is 13.9. The summed E-state index contributed by atoms with van der Waals surface area (Å²) < 4.78 is 6.76. The number of benzene rings is 3. The van der Waals surface area contributed by atoms with E-state index in [4.69, 9.17) is 4.74 Å². The average Bonchev–Trinajstić information content (AvgIpc) is 2.88. The number of amides is 2. The summed E-state index contributed by atoms with van der Waals surface area (Å²) >= 11 is 3.38. The van der Waals surface area contributed by atoms with Gasteiger partial charge in [0.2, 0.25) is 0 Å². The van der Waals surface area contributed by atoms with Gasteiger partial charge >= 0.3 is 0 Å². The van der Waals surface area contributed by atoms with Gasteiger partial charge in [-0.15, -0.1) is 0 Å². The van der Waals surface area contributed by atoms with Gasteiger partial charge in [0.15, 0.2) is 0 Å². The van der Waals surface area contributed by atoms with E-state index in [0.29, 0.717) is 28.3 Å². The number of para-hydroxylation sites is 1. The van der Waals surface area contributed by atoms with E-state index in [1.54, 1.807) is 24.3 Å². The molecule has 1 heterocycles. The maximum Gasteiger partial charge on any atom is 0.266 e. The monoisotopic (exact) mass is 407 g/mol. The minimum absolute atomic E-state index is 0.311. The second-order valence-corrected chi connectivity index (χ2v) is 6.91. The van der Waals surface area contributed by atoms with Gasteiger partial charge in [-0.1, -0.05) is 34.1 Å². The first-order valence-electron chi connectivity index (χ1n) is 8.06. The largest absolute Gasteiger partial charge is 0.457 e. The van der Waals surface area contributed by atoms with Crippen LogP contribution in [-0.4, -0.2) is 11.8 Å². The summed E-state index contributed by atoms with van der Waals surface area (Å²) in [6.45, 7) is 1.88. The molecule has 26 heavy (non-hydrogen) atoms. The normalized spacial score (nSPS) is 13.1. The van der Waals surface area contributed by atoms with Gasteiger partial charge in [-0.05, 0) is 61.0 Å². The fourth-order valence-corrected chi connectivity index (χ4v) is 3.22. The number of carbonyl (C=O) groups excluding carboxylic acids is 2. The number of ether oxygens (including phenoxy) is 1. The van der Waals surface area contributed by atoms with E-state index in [0.717, 1.165) is 10.0 Å². The summed E-state index contributed by atoms with van der Waals surface area (Å²) in [4.78, 5) is 26.8. The lowest BCUT2D eigenvalue weighted by Gasteiger charge is -2.16. The fraction of sp³-hybridized carbons (Fsp3) is 0.0476. The van der Waals surface area contributed by atoms with E-state index in [1.807, 2.05) is 49.4 Å². The van der Waals surface area contributed by atoms with Crippen LogP contribution in [0.1, 0.15) is 26.3 Å². The Labute approximate surface area is 159 Å². The number of hydrogen-bond donors (Lipinski definition) is 0. The third-order valence-electron chi connectivity index (χ3n) is 4.26. The average molecular weight is 408 g/mol. The molecule has 3 aromatic rings. The number of fused-ring (bicyclic) bond motifs is 1. The Hall–Kier alpha value is -2.92. The standard InChI is InChI=1S/C21H14BrNO3/c1-13-4-2-3-5-19(13)23-20(24)17-11-10-16(12-18(17)21(23)25)26-15-8-6-14(22)7-9-15/h2-12H,1H3. The SMILES string of the molecule is Cc1ccccc1N1C(=O)c2ccc(Oc3ccc(Br)cc3)cc2C1=O. The first kappa shape index (κ1) is 16.5. The van der Waals surface area contributed by atoms with Gasteiger partial charge in [-0.2, -0.15) is 0 Å². The van der Waals surface area contributed by atoms with E-state index < -0.39 is 0 Å². The molecule has 0 aliphatic carbocycles. The van der Waals surface area contributed by atoms with Crippen LogP contribution in [0.2, 0.25) is 0 Å². The first-order chi connectivity index (χ1) is 12.5. The molecule has 128 valence electrons. The lowest BCUT2D eigenvalue weighted by atomic mass is 10.1. The molecule has 0 aromatic heterocycles. The Kier molecular flexibility index (Phi) is 4.09. The number of nitrogens with zero attached hydrogens (tertiary/aromatic N) is 1.